The van der Waals surface area contributed by atoms with Crippen LogP contribution >= 0.6 is 0 Å². The molecule has 0 aliphatic rings. The van der Waals surface area contributed by atoms with Crippen LogP contribution in [0.3, 0.4) is 0 Å². The lowest BCUT2D eigenvalue weighted by Crippen LogP contribution is -2.33. The molecule has 0 fully saturated rings. The number of hydrogen-bond acceptors (Lipinski definition) is 4. The van der Waals surface area contributed by atoms with Gasteiger partial charge in [0.2, 0.25) is 5.89 Å². The molecule has 0 N–H and O–H groups in total. The van der Waals surface area contributed by atoms with Crippen LogP contribution in [0.5, 0.6) is 0 Å². The van der Waals surface area contributed by atoms with Gasteiger partial charge in [-0.2, -0.15) is 0 Å². The third-order valence-electron chi connectivity index (χ3n) is 3.72. The van der Waals surface area contributed by atoms with Gasteiger partial charge in [-0.1, -0.05) is 0 Å². The molecule has 0 saturated carbocycles. The molecule has 0 radical (unpaired) electrons. The summed E-state index contributed by atoms with van der Waals surface area (Å²) in [6.07, 6.45) is 0. The lowest BCUT2D eigenvalue weighted by molar-refractivity contribution is 0.124. The zero-order valence-electron chi connectivity index (χ0n) is 13.9. The van der Waals surface area contributed by atoms with E-state index in [1.807, 2.05) is 0 Å². The van der Waals surface area contributed by atoms with Gasteiger partial charge in [-0.15, -0.1) is 0 Å². The maximum Gasteiger partial charge on any atom is 0.229 e. The van der Waals surface area contributed by atoms with Gasteiger partial charge in [0.25, 0.3) is 0 Å². The summed E-state index contributed by atoms with van der Waals surface area (Å²) in [7, 11) is 1.66. The molecule has 6 heteroatoms. The highest BCUT2D eigenvalue weighted by Gasteiger charge is 2.18. The maximum absolute atomic E-state index is 13.9. The van der Waals surface area contributed by atoms with E-state index in [1.165, 1.54) is 12.1 Å². The van der Waals surface area contributed by atoms with Crippen LogP contribution in [0.25, 0.3) is 11.5 Å². The van der Waals surface area contributed by atoms with Crippen LogP contribution in [0.2, 0.25) is 0 Å². The number of nitrogens with zero attached hydrogens (tertiary/aromatic N) is 2. The molecule has 2 aromatic rings. The fourth-order valence-corrected chi connectivity index (χ4v) is 2.27. The monoisotopic (exact) mass is 324 g/mol. The lowest BCUT2D eigenvalue weighted by atomic mass is 10.2. The van der Waals surface area contributed by atoms with Gasteiger partial charge in [-0.3, -0.25) is 4.90 Å². The van der Waals surface area contributed by atoms with Crippen molar-refractivity contribution in [1.82, 2.24) is 9.88 Å². The highest BCUT2D eigenvalue weighted by atomic mass is 19.1. The predicted molar refractivity (Wildman–Crippen MR) is 84.0 cm³/mol. The minimum absolute atomic E-state index is 0.161. The first-order chi connectivity index (χ1) is 10.9. The smallest absolute Gasteiger partial charge is 0.229 e. The molecule has 0 spiro atoms. The molecule has 1 heterocycles. The van der Waals surface area contributed by atoms with E-state index in [0.717, 1.165) is 18.3 Å². The topological polar surface area (TPSA) is 38.5 Å². The van der Waals surface area contributed by atoms with Crippen LogP contribution in [-0.2, 0) is 11.3 Å². The van der Waals surface area contributed by atoms with E-state index in [4.69, 9.17) is 9.15 Å². The first-order valence-electron chi connectivity index (χ1n) is 7.57. The van der Waals surface area contributed by atoms with Crippen molar-refractivity contribution in [1.29, 1.82) is 0 Å². The van der Waals surface area contributed by atoms with Gasteiger partial charge < -0.3 is 9.15 Å². The van der Waals surface area contributed by atoms with Crippen LogP contribution in [0.4, 0.5) is 8.78 Å². The number of aromatic nitrogens is 1. The van der Waals surface area contributed by atoms with Crippen LogP contribution in [0.1, 0.15) is 25.3 Å². The van der Waals surface area contributed by atoms with Gasteiger partial charge in [-0.05, 0) is 32.9 Å². The number of hydrogen-bond donors (Lipinski definition) is 0. The maximum atomic E-state index is 13.9. The second kappa shape index (κ2) is 7.66. The Hall–Kier alpha value is -1.79. The lowest BCUT2D eigenvalue weighted by Gasteiger charge is -2.25. The average molecular weight is 324 g/mol. The molecule has 0 aliphatic heterocycles. The van der Waals surface area contributed by atoms with Gasteiger partial charge in [-0.25, -0.2) is 13.8 Å². The van der Waals surface area contributed by atoms with Crippen molar-refractivity contribution in [3.05, 3.63) is 41.3 Å². The van der Waals surface area contributed by atoms with Crippen molar-refractivity contribution < 1.29 is 17.9 Å². The van der Waals surface area contributed by atoms with Gasteiger partial charge in [0.15, 0.2) is 0 Å². The molecule has 23 heavy (non-hydrogen) atoms. The molecule has 1 aromatic heterocycles. The van der Waals surface area contributed by atoms with Crippen molar-refractivity contribution in [2.24, 2.45) is 0 Å². The molecule has 1 aromatic carbocycles. The number of rotatable bonds is 7. The molecule has 4 nitrogen and oxygen atoms in total. The molecule has 126 valence electrons. The zero-order chi connectivity index (χ0) is 17.0. The van der Waals surface area contributed by atoms with E-state index in [1.54, 1.807) is 14.0 Å². The van der Waals surface area contributed by atoms with Crippen molar-refractivity contribution in [3.63, 3.8) is 0 Å². The number of methoxy groups -OCH3 is 1. The van der Waals surface area contributed by atoms with E-state index in [9.17, 15) is 8.78 Å². The molecule has 0 saturated heterocycles. The number of oxazole rings is 1. The van der Waals surface area contributed by atoms with Crippen molar-refractivity contribution >= 4 is 0 Å². The summed E-state index contributed by atoms with van der Waals surface area (Å²) in [6, 6.07) is 3.67. The Morgan fingerprint density at radius 3 is 2.65 bits per heavy atom. The van der Waals surface area contributed by atoms with E-state index in [0.29, 0.717) is 25.0 Å². The number of ether oxygens (including phenoxy) is 1. The van der Waals surface area contributed by atoms with Gasteiger partial charge in [0.1, 0.15) is 17.4 Å². The van der Waals surface area contributed by atoms with Crippen LogP contribution < -0.4 is 0 Å². The molecular weight excluding hydrogens is 302 g/mol. The number of halogens is 2. The molecule has 0 aliphatic carbocycles. The predicted octanol–water partition coefficient (Wildman–Crippen LogP) is 3.79. The van der Waals surface area contributed by atoms with Gasteiger partial charge in [0.05, 0.1) is 17.9 Å². The first kappa shape index (κ1) is 17.6. The Balaban J connectivity index is 2.23. The van der Waals surface area contributed by atoms with E-state index in [-0.39, 0.29) is 11.5 Å². The van der Waals surface area contributed by atoms with Crippen LogP contribution in [0.15, 0.2) is 22.6 Å². The molecule has 2 rings (SSSR count). The summed E-state index contributed by atoms with van der Waals surface area (Å²) >= 11 is 0. The first-order valence-corrected chi connectivity index (χ1v) is 7.57. The van der Waals surface area contributed by atoms with Crippen molar-refractivity contribution in [2.75, 3.05) is 20.3 Å². The highest BCUT2D eigenvalue weighted by molar-refractivity contribution is 5.54. The second-order valence-electron chi connectivity index (χ2n) is 5.70. The summed E-state index contributed by atoms with van der Waals surface area (Å²) in [5.74, 6) is -0.504. The number of aryl methyl sites for hydroxylation is 1. The zero-order valence-corrected chi connectivity index (χ0v) is 13.9. The van der Waals surface area contributed by atoms with E-state index >= 15 is 0 Å². The average Bonchev–Trinajstić information content (AvgIpc) is 2.83. The Morgan fingerprint density at radius 2 is 2.04 bits per heavy atom. The molecule has 0 atom stereocenters. The van der Waals surface area contributed by atoms with Crippen LogP contribution in [-0.4, -0.2) is 36.2 Å². The quantitative estimate of drug-likeness (QED) is 0.777. The van der Waals surface area contributed by atoms with Crippen molar-refractivity contribution in [2.45, 2.75) is 33.4 Å². The summed E-state index contributed by atoms with van der Waals surface area (Å²) in [5, 5.41) is 0. The third-order valence-corrected chi connectivity index (χ3v) is 3.72. The Kier molecular flexibility index (Phi) is 5.85. The summed E-state index contributed by atoms with van der Waals surface area (Å²) in [6.45, 7) is 7.94. The van der Waals surface area contributed by atoms with E-state index < -0.39 is 11.6 Å². The molecular formula is C17H22F2N2O2. The third kappa shape index (κ3) is 4.36. The Morgan fingerprint density at radius 1 is 1.30 bits per heavy atom. The molecule has 0 bridgehead atoms. The van der Waals surface area contributed by atoms with Crippen molar-refractivity contribution in [3.8, 4) is 11.5 Å². The van der Waals surface area contributed by atoms with E-state index in [2.05, 4.69) is 23.7 Å². The highest BCUT2D eigenvalue weighted by Crippen LogP contribution is 2.25. The largest absolute Gasteiger partial charge is 0.441 e. The standard InChI is InChI=1S/C17H22F2N2O2/c1-11(2)21(7-8-22-4)10-16-12(3)23-17(20-16)14-6-5-13(18)9-15(14)19/h5-6,9,11H,7-8,10H2,1-4H3. The van der Waals surface area contributed by atoms with Crippen LogP contribution in [0, 0.1) is 18.6 Å². The summed E-state index contributed by atoms with van der Waals surface area (Å²) in [4.78, 5) is 6.58. The molecule has 0 unspecified atom stereocenters. The second-order valence-corrected chi connectivity index (χ2v) is 5.70. The SMILES string of the molecule is COCCN(Cc1nc(-c2ccc(F)cc2F)oc1C)C(C)C. The normalized spacial score (nSPS) is 11.7. The van der Waals surface area contributed by atoms with Gasteiger partial charge >= 0.3 is 0 Å². The fourth-order valence-electron chi connectivity index (χ4n) is 2.27. The molecule has 0 amide bonds. The Bertz CT molecular complexity index is 656. The minimum atomic E-state index is -0.683. The summed E-state index contributed by atoms with van der Waals surface area (Å²) < 4.78 is 37.6. The summed E-state index contributed by atoms with van der Waals surface area (Å²) in [5.41, 5.74) is 0.905. The number of benzene rings is 1. The van der Waals surface area contributed by atoms with Gasteiger partial charge in [0, 0.05) is 32.3 Å². The Labute approximate surface area is 135 Å². The minimum Gasteiger partial charge on any atom is -0.441 e. The fraction of sp³-hybridized carbons (Fsp3) is 0.471.